The van der Waals surface area contributed by atoms with Gasteiger partial charge in [0.1, 0.15) is 0 Å². The van der Waals surface area contributed by atoms with Crippen molar-refractivity contribution in [3.8, 4) is 100 Å². The number of hydrogen-bond acceptors (Lipinski definition) is 2. The SMILES string of the molecule is CC1(C)c2ccccc2-c2ccc(N(c3cccc(-c4ccccc4-c4ccccc4)c3)c3cccc4c3-c3ccccc3C4(c3ccccc3)c3ccc(-c4cccc(-c5ccc(-c6ccccc6N(c6ccc7c(c6)C(C)(C)c6ccccc6-7)c6cccc7c6-c6ccccc6C7(c6ccccc6)c6ccccc6)cc5)c4)cc3)cc21. The molecule has 0 aromatic heterocycles. The van der Waals surface area contributed by atoms with Gasteiger partial charge >= 0.3 is 0 Å². The van der Waals surface area contributed by atoms with Crippen LogP contribution >= 0.6 is 0 Å². The van der Waals surface area contributed by atoms with Gasteiger partial charge in [0.25, 0.3) is 0 Å². The minimum atomic E-state index is -0.682. The van der Waals surface area contributed by atoms with Crippen LogP contribution in [0.15, 0.2) is 437 Å². The Bertz CT molecular complexity index is 6930. The van der Waals surface area contributed by atoms with Crippen molar-refractivity contribution in [2.75, 3.05) is 9.80 Å². The Hall–Kier alpha value is -14.4. The fourth-order valence-corrected chi connectivity index (χ4v) is 21.1. The molecule has 0 aliphatic heterocycles. The Labute approximate surface area is 692 Å². The average molecular weight is 1510 g/mol. The number of nitrogens with zero attached hydrogens (tertiary/aromatic N) is 2. The maximum absolute atomic E-state index is 2.57. The highest BCUT2D eigenvalue weighted by Gasteiger charge is 2.50. The van der Waals surface area contributed by atoms with Crippen molar-refractivity contribution >= 4 is 34.1 Å². The molecule has 22 rings (SSSR count). The normalized spacial score (nSPS) is 14.8. The number of hydrogen-bond donors (Lipinski definition) is 0. The van der Waals surface area contributed by atoms with Gasteiger partial charge in [-0.25, -0.2) is 0 Å². The summed E-state index contributed by atoms with van der Waals surface area (Å²) >= 11 is 0. The molecule has 2 heteroatoms. The summed E-state index contributed by atoms with van der Waals surface area (Å²) in [4.78, 5) is 5.12. The first kappa shape index (κ1) is 70.2. The van der Waals surface area contributed by atoms with Crippen LogP contribution in [0.3, 0.4) is 0 Å². The zero-order valence-electron chi connectivity index (χ0n) is 66.5. The summed E-state index contributed by atoms with van der Waals surface area (Å²) < 4.78 is 0. The van der Waals surface area contributed by atoms with Crippen molar-refractivity contribution in [3.63, 3.8) is 0 Å². The third kappa shape index (κ3) is 10.7. The zero-order valence-corrected chi connectivity index (χ0v) is 66.5. The highest BCUT2D eigenvalue weighted by atomic mass is 15.2. The molecule has 0 amide bonds. The number of benzene rings is 18. The predicted octanol–water partition coefficient (Wildman–Crippen LogP) is 30.3. The van der Waals surface area contributed by atoms with Gasteiger partial charge in [-0.3, -0.25) is 0 Å². The quantitative estimate of drug-likeness (QED) is 0.101. The van der Waals surface area contributed by atoms with E-state index in [4.69, 9.17) is 0 Å². The lowest BCUT2D eigenvalue weighted by atomic mass is 9.67. The summed E-state index contributed by atoms with van der Waals surface area (Å²) in [5.41, 5.74) is 42.1. The van der Waals surface area contributed by atoms with Crippen molar-refractivity contribution in [1.82, 2.24) is 0 Å². The molecule has 18 aromatic rings. The van der Waals surface area contributed by atoms with E-state index in [2.05, 4.69) is 474 Å². The molecule has 0 bridgehead atoms. The van der Waals surface area contributed by atoms with Gasteiger partial charge in [-0.15, -0.1) is 0 Å². The minimum Gasteiger partial charge on any atom is -0.310 e. The van der Waals surface area contributed by atoms with Crippen LogP contribution in [-0.2, 0) is 21.7 Å². The van der Waals surface area contributed by atoms with Crippen LogP contribution in [0, 0.1) is 0 Å². The molecule has 18 aromatic carbocycles. The van der Waals surface area contributed by atoms with E-state index in [0.717, 1.165) is 73.1 Å². The molecule has 118 heavy (non-hydrogen) atoms. The first-order chi connectivity index (χ1) is 58.1. The second-order valence-electron chi connectivity index (χ2n) is 33.3. The second-order valence-corrected chi connectivity index (χ2v) is 33.3. The van der Waals surface area contributed by atoms with Gasteiger partial charge in [-0.2, -0.15) is 0 Å². The summed E-state index contributed by atoms with van der Waals surface area (Å²) in [6.07, 6.45) is 0. The van der Waals surface area contributed by atoms with E-state index >= 15 is 0 Å². The van der Waals surface area contributed by atoms with Crippen molar-refractivity contribution < 1.29 is 0 Å². The van der Waals surface area contributed by atoms with E-state index in [1.54, 1.807) is 0 Å². The Kier molecular flexibility index (Phi) is 16.5. The summed E-state index contributed by atoms with van der Waals surface area (Å²) in [5, 5.41) is 0. The number of anilines is 6. The molecule has 0 saturated carbocycles. The van der Waals surface area contributed by atoms with E-state index in [0.29, 0.717) is 0 Å². The molecule has 2 nitrogen and oxygen atoms in total. The maximum Gasteiger partial charge on any atom is 0.0714 e. The van der Waals surface area contributed by atoms with Crippen LogP contribution in [0.5, 0.6) is 0 Å². The minimum absolute atomic E-state index is 0.214. The average Bonchev–Trinajstić information content (AvgIpc) is 1.53. The molecular weight excluding hydrogens is 1420 g/mol. The van der Waals surface area contributed by atoms with Crippen LogP contribution in [0.2, 0.25) is 0 Å². The van der Waals surface area contributed by atoms with Crippen molar-refractivity contribution in [2.45, 2.75) is 49.4 Å². The molecule has 0 fully saturated rings. The topological polar surface area (TPSA) is 6.48 Å². The molecule has 0 radical (unpaired) electrons. The lowest BCUT2D eigenvalue weighted by Gasteiger charge is -2.35. The monoisotopic (exact) mass is 1500 g/mol. The van der Waals surface area contributed by atoms with Gasteiger partial charge in [0.15, 0.2) is 0 Å². The summed E-state index contributed by atoms with van der Waals surface area (Å²) in [6.45, 7) is 9.55. The maximum atomic E-state index is 2.57. The van der Waals surface area contributed by atoms with Crippen LogP contribution in [0.25, 0.3) is 100 Å². The van der Waals surface area contributed by atoms with Crippen molar-refractivity contribution in [2.24, 2.45) is 0 Å². The van der Waals surface area contributed by atoms with Crippen LogP contribution in [0.4, 0.5) is 34.1 Å². The molecule has 558 valence electrons. The second kappa shape index (κ2) is 27.7. The van der Waals surface area contributed by atoms with Gasteiger partial charge < -0.3 is 9.80 Å². The first-order valence-electron chi connectivity index (χ1n) is 41.4. The summed E-state index contributed by atoms with van der Waals surface area (Å²) in [7, 11) is 0. The van der Waals surface area contributed by atoms with Crippen molar-refractivity contribution in [3.05, 3.63) is 504 Å². The fourth-order valence-electron chi connectivity index (χ4n) is 21.1. The summed E-state index contributed by atoms with van der Waals surface area (Å²) in [5.74, 6) is 0. The lowest BCUT2D eigenvalue weighted by Crippen LogP contribution is -2.28. The van der Waals surface area contributed by atoms with Crippen LogP contribution in [0.1, 0.15) is 94.5 Å². The van der Waals surface area contributed by atoms with E-state index < -0.39 is 10.8 Å². The van der Waals surface area contributed by atoms with E-state index in [9.17, 15) is 0 Å². The van der Waals surface area contributed by atoms with E-state index in [1.807, 2.05) is 0 Å². The molecule has 4 aliphatic carbocycles. The molecule has 0 N–H and O–H groups in total. The van der Waals surface area contributed by atoms with Crippen molar-refractivity contribution in [1.29, 1.82) is 0 Å². The first-order valence-corrected chi connectivity index (χ1v) is 41.4. The molecule has 0 heterocycles. The Morgan fingerprint density at radius 1 is 0.161 bits per heavy atom. The Morgan fingerprint density at radius 2 is 0.475 bits per heavy atom. The lowest BCUT2D eigenvalue weighted by molar-refractivity contribution is 0.660. The van der Waals surface area contributed by atoms with Gasteiger partial charge in [-0.1, -0.05) is 404 Å². The molecule has 0 saturated heterocycles. The van der Waals surface area contributed by atoms with Gasteiger partial charge in [0, 0.05) is 44.6 Å². The summed E-state index contributed by atoms with van der Waals surface area (Å²) in [6, 6.07) is 164. The molecular formula is C116H84N2. The molecule has 0 spiro atoms. The predicted molar refractivity (Wildman–Crippen MR) is 493 cm³/mol. The van der Waals surface area contributed by atoms with Gasteiger partial charge in [0.05, 0.1) is 27.9 Å². The zero-order chi connectivity index (χ0) is 78.9. The van der Waals surface area contributed by atoms with Gasteiger partial charge in [-0.05, 0) is 211 Å². The van der Waals surface area contributed by atoms with Crippen LogP contribution < -0.4 is 9.80 Å². The van der Waals surface area contributed by atoms with E-state index in [-0.39, 0.29) is 10.8 Å². The highest BCUT2D eigenvalue weighted by Crippen LogP contribution is 2.64. The number of rotatable bonds is 15. The van der Waals surface area contributed by atoms with E-state index in [1.165, 1.54) is 128 Å². The standard InChI is InChI=1S/C116H84N2/c1-113(2)100-52-24-19-48-94(100)96-71-69-89(75-106(96)113)117(88-44-30-37-83(74-88)92-46-18-17-45-91(92)79-33-9-5-10-34-79)109-59-31-56-104-111(109)98-50-21-27-55-103(98)116(104,86-42-15-8-16-43-86)87-67-65-78(66-68-87)82-36-29-35-81(73-82)77-61-63-80(64-62-77)93-47-23-28-58-108(93)118(90-70-72-97-95-49-20-25-53-101(95)114(3,4)107(97)76-90)110-60-32-57-105-112(110)99-51-22-26-54-102(99)115(105,84-38-11-6-12-39-84)85-40-13-7-14-41-85/h5-76H,1-4H3. The molecule has 4 aliphatic rings. The third-order valence-electron chi connectivity index (χ3n) is 26.5. The highest BCUT2D eigenvalue weighted by molar-refractivity contribution is 6.03. The number of fused-ring (bicyclic) bond motifs is 12. The largest absolute Gasteiger partial charge is 0.310 e. The Morgan fingerprint density at radius 3 is 0.983 bits per heavy atom. The van der Waals surface area contributed by atoms with Crippen LogP contribution in [-0.4, -0.2) is 0 Å². The fraction of sp³-hybridized carbons (Fsp3) is 0.0690. The molecule has 1 unspecified atom stereocenters. The van der Waals surface area contributed by atoms with Gasteiger partial charge in [0.2, 0.25) is 0 Å². The third-order valence-corrected chi connectivity index (χ3v) is 26.5. The number of para-hydroxylation sites is 1. The smallest absolute Gasteiger partial charge is 0.0714 e. The Balaban J connectivity index is 0.643. The molecule has 1 atom stereocenters.